The molecular weight excluding hydrogens is 405 g/mol. The van der Waals surface area contributed by atoms with E-state index in [0.717, 1.165) is 30.5 Å². The van der Waals surface area contributed by atoms with Gasteiger partial charge in [-0.2, -0.15) is 0 Å². The first-order chi connectivity index (χ1) is 12.1. The van der Waals surface area contributed by atoms with Crippen LogP contribution in [0.1, 0.15) is 5.56 Å². The number of nitrogens with one attached hydrogen (secondary N) is 2. The van der Waals surface area contributed by atoms with Gasteiger partial charge in [-0.3, -0.25) is 4.72 Å². The Balaban J connectivity index is 2.47. The molecule has 0 amide bonds. The van der Waals surface area contributed by atoms with Crippen LogP contribution in [0.2, 0.25) is 10.0 Å². The molecule has 0 fully saturated rings. The summed E-state index contributed by atoms with van der Waals surface area (Å²) in [6.07, 6.45) is 0.818. The highest BCUT2D eigenvalue weighted by atomic mass is 35.5. The number of benzene rings is 2. The Hall–Kier alpha value is -2.40. The number of allylic oxidation sites excluding steroid dienone is 1. The summed E-state index contributed by atoms with van der Waals surface area (Å²) in [5.41, 5.74) is -1.13. The van der Waals surface area contributed by atoms with Crippen molar-refractivity contribution in [3.8, 4) is 11.8 Å². The van der Waals surface area contributed by atoms with Gasteiger partial charge in [-0.05, 0) is 30.3 Å². The quantitative estimate of drug-likeness (QED) is 0.565. The van der Waals surface area contributed by atoms with Crippen molar-refractivity contribution in [3.63, 3.8) is 0 Å². The van der Waals surface area contributed by atoms with Gasteiger partial charge in [0.05, 0.1) is 16.1 Å². The molecule has 0 spiro atoms. The van der Waals surface area contributed by atoms with E-state index in [2.05, 4.69) is 18.4 Å². The highest BCUT2D eigenvalue weighted by molar-refractivity contribution is 7.92. The molecule has 0 unspecified atom stereocenters. The lowest BCUT2D eigenvalue weighted by Gasteiger charge is -2.11. The van der Waals surface area contributed by atoms with Gasteiger partial charge in [0.2, 0.25) is 0 Å². The van der Waals surface area contributed by atoms with E-state index in [1.165, 1.54) is 6.07 Å². The van der Waals surface area contributed by atoms with Crippen molar-refractivity contribution >= 4 is 45.1 Å². The van der Waals surface area contributed by atoms with Crippen molar-refractivity contribution in [2.24, 2.45) is 0 Å². The van der Waals surface area contributed by atoms with Gasteiger partial charge in [-0.25, -0.2) is 17.2 Å². The van der Waals surface area contributed by atoms with Crippen LogP contribution in [0.15, 0.2) is 47.4 Å². The Morgan fingerprint density at radius 2 is 1.81 bits per heavy atom. The molecule has 2 rings (SSSR count). The maximum absolute atomic E-state index is 14.5. The Morgan fingerprint density at radius 1 is 1.19 bits per heavy atom. The summed E-state index contributed by atoms with van der Waals surface area (Å²) >= 11 is 11.6. The van der Waals surface area contributed by atoms with Crippen LogP contribution in [0.5, 0.6) is 0 Å². The van der Waals surface area contributed by atoms with E-state index in [1.807, 2.05) is 4.72 Å². The number of rotatable bonds is 4. The second-order valence-corrected chi connectivity index (χ2v) is 7.47. The Labute approximate surface area is 159 Å². The minimum atomic E-state index is -4.23. The van der Waals surface area contributed by atoms with Crippen molar-refractivity contribution in [2.45, 2.75) is 4.90 Å². The summed E-state index contributed by atoms with van der Waals surface area (Å²) in [6.45, 7) is 3.39. The first-order valence-corrected chi connectivity index (χ1v) is 9.06. The van der Waals surface area contributed by atoms with Crippen LogP contribution < -0.4 is 4.72 Å². The average molecular weight is 415 g/mol. The molecule has 0 radical (unpaired) electrons. The summed E-state index contributed by atoms with van der Waals surface area (Å²) in [7, 11) is -4.23. The Morgan fingerprint density at radius 3 is 2.38 bits per heavy atom. The number of hydrogen-bond donors (Lipinski definition) is 2. The standard InChI is InChI=1S/C17H10Cl2F2N2O2S/c1-10(9-22)2-3-14-15(20)4-5-16(17(14)21)23-26(24,25)13-7-11(18)6-12(19)8-13/h4-9,22-23H,1H2. The second kappa shape index (κ2) is 7.87. The maximum Gasteiger partial charge on any atom is 0.262 e. The van der Waals surface area contributed by atoms with Crippen LogP contribution in [0.4, 0.5) is 14.5 Å². The summed E-state index contributed by atoms with van der Waals surface area (Å²) in [6, 6.07) is 5.39. The third-order valence-electron chi connectivity index (χ3n) is 3.00. The molecule has 0 atom stereocenters. The number of sulfonamides is 1. The molecule has 2 N–H and O–H groups in total. The van der Waals surface area contributed by atoms with Gasteiger partial charge < -0.3 is 5.41 Å². The van der Waals surface area contributed by atoms with Gasteiger partial charge in [0.25, 0.3) is 10.0 Å². The first-order valence-electron chi connectivity index (χ1n) is 6.82. The molecule has 26 heavy (non-hydrogen) atoms. The molecular formula is C17H10Cl2F2N2O2S. The lowest BCUT2D eigenvalue weighted by molar-refractivity contribution is 0.578. The second-order valence-electron chi connectivity index (χ2n) is 4.91. The van der Waals surface area contributed by atoms with Gasteiger partial charge in [0, 0.05) is 21.8 Å². The molecule has 134 valence electrons. The molecule has 0 saturated heterocycles. The average Bonchev–Trinajstić information content (AvgIpc) is 2.56. The van der Waals surface area contributed by atoms with Gasteiger partial charge in [-0.15, -0.1) is 0 Å². The van der Waals surface area contributed by atoms with Gasteiger partial charge >= 0.3 is 0 Å². The zero-order valence-electron chi connectivity index (χ0n) is 12.9. The SMILES string of the molecule is C=C(C#Cc1c(F)ccc(NS(=O)(=O)c2cc(Cl)cc(Cl)c2)c1F)C=N. The van der Waals surface area contributed by atoms with Crippen LogP contribution in [-0.2, 0) is 10.0 Å². The molecule has 0 aliphatic rings. The van der Waals surface area contributed by atoms with Crippen molar-refractivity contribution in [3.05, 3.63) is 69.7 Å². The van der Waals surface area contributed by atoms with E-state index in [9.17, 15) is 17.2 Å². The predicted octanol–water partition coefficient (Wildman–Crippen LogP) is 4.63. The van der Waals surface area contributed by atoms with Crippen LogP contribution in [0, 0.1) is 28.9 Å². The largest absolute Gasteiger partial charge is 0.307 e. The van der Waals surface area contributed by atoms with Crippen LogP contribution in [-0.4, -0.2) is 14.6 Å². The lowest BCUT2D eigenvalue weighted by atomic mass is 10.1. The highest BCUT2D eigenvalue weighted by Crippen LogP contribution is 2.26. The number of hydrogen-bond acceptors (Lipinski definition) is 3. The van der Waals surface area contributed by atoms with Gasteiger partial charge in [0.1, 0.15) is 5.82 Å². The highest BCUT2D eigenvalue weighted by Gasteiger charge is 2.20. The molecule has 0 heterocycles. The Bertz CT molecular complexity index is 1050. The van der Waals surface area contributed by atoms with Crippen molar-refractivity contribution < 1.29 is 17.2 Å². The van der Waals surface area contributed by atoms with E-state index in [0.29, 0.717) is 0 Å². The minimum absolute atomic E-state index is 0.0309. The van der Waals surface area contributed by atoms with Crippen molar-refractivity contribution in [1.29, 1.82) is 5.41 Å². The summed E-state index contributed by atoms with van der Waals surface area (Å²) in [5.74, 6) is 2.29. The minimum Gasteiger partial charge on any atom is -0.307 e. The lowest BCUT2D eigenvalue weighted by Crippen LogP contribution is -2.14. The number of halogens is 4. The van der Waals surface area contributed by atoms with Gasteiger partial charge in [-0.1, -0.05) is 41.6 Å². The molecule has 4 nitrogen and oxygen atoms in total. The summed E-state index contributed by atoms with van der Waals surface area (Å²) in [4.78, 5) is -0.288. The predicted molar refractivity (Wildman–Crippen MR) is 98.4 cm³/mol. The zero-order valence-corrected chi connectivity index (χ0v) is 15.2. The fourth-order valence-corrected chi connectivity index (χ4v) is 3.60. The van der Waals surface area contributed by atoms with Crippen molar-refractivity contribution in [2.75, 3.05) is 4.72 Å². The molecule has 0 saturated carbocycles. The molecule has 0 aliphatic carbocycles. The van der Waals surface area contributed by atoms with Crippen LogP contribution >= 0.6 is 23.2 Å². The molecule has 0 bridgehead atoms. The topological polar surface area (TPSA) is 70.0 Å². The van der Waals surface area contributed by atoms with E-state index < -0.39 is 32.9 Å². The van der Waals surface area contributed by atoms with Gasteiger partial charge in [0.15, 0.2) is 5.82 Å². The first kappa shape index (κ1) is 19.9. The molecule has 2 aromatic rings. The summed E-state index contributed by atoms with van der Waals surface area (Å²) in [5, 5.41) is 7.10. The van der Waals surface area contributed by atoms with Crippen LogP contribution in [0.3, 0.4) is 0 Å². The molecule has 2 aromatic carbocycles. The van der Waals surface area contributed by atoms with E-state index in [4.69, 9.17) is 28.6 Å². The molecule has 0 aromatic heterocycles. The fraction of sp³-hybridized carbons (Fsp3) is 0. The Kier molecular flexibility index (Phi) is 6.03. The smallest absolute Gasteiger partial charge is 0.262 e. The third kappa shape index (κ3) is 4.61. The normalized spacial score (nSPS) is 10.6. The van der Waals surface area contributed by atoms with Crippen LogP contribution in [0.25, 0.3) is 0 Å². The molecule has 0 aliphatic heterocycles. The summed E-state index contributed by atoms with van der Waals surface area (Å²) < 4.78 is 55.1. The monoisotopic (exact) mass is 414 g/mol. The molecule has 9 heteroatoms. The zero-order chi connectivity index (χ0) is 19.5. The van der Waals surface area contributed by atoms with E-state index in [-0.39, 0.29) is 20.5 Å². The number of anilines is 1. The maximum atomic E-state index is 14.5. The fourth-order valence-electron chi connectivity index (χ4n) is 1.81. The van der Waals surface area contributed by atoms with E-state index in [1.54, 1.807) is 0 Å². The van der Waals surface area contributed by atoms with Crippen molar-refractivity contribution in [1.82, 2.24) is 0 Å². The van der Waals surface area contributed by atoms with E-state index >= 15 is 0 Å². The third-order valence-corrected chi connectivity index (χ3v) is 4.79.